The van der Waals surface area contributed by atoms with E-state index in [2.05, 4.69) is 241 Å². The van der Waals surface area contributed by atoms with Crippen LogP contribution in [0.4, 0.5) is 17.1 Å². The number of hydrogen-bond acceptors (Lipinski definition) is 3. The number of benzene rings is 11. The molecule has 1 aliphatic rings. The molecule has 1 unspecified atom stereocenters. The maximum atomic E-state index is 6.33. The van der Waals surface area contributed by atoms with Gasteiger partial charge in [0.05, 0.1) is 5.41 Å². The summed E-state index contributed by atoms with van der Waals surface area (Å²) in [6.45, 7) is 0. The van der Waals surface area contributed by atoms with Gasteiger partial charge in [0.1, 0.15) is 22.3 Å². The molecule has 3 heteroatoms. The molecule has 2 heterocycles. The van der Waals surface area contributed by atoms with E-state index < -0.39 is 5.41 Å². The van der Waals surface area contributed by atoms with E-state index in [1.54, 1.807) is 0 Å². The summed E-state index contributed by atoms with van der Waals surface area (Å²) in [5, 5.41) is 4.50. The SMILES string of the molecule is c1ccc(-c2cccc(C3(c4ccccc4)c4ccccc4-c4ccc(N(c5ccc(-c6cccc7oc8ccccc8c67)cc5)c5ccc(-c6cccc7oc8ccccc8c67)cc5)cc43)c2)cc1. The first-order valence-electron chi connectivity index (χ1n) is 24.0. The zero-order valence-electron chi connectivity index (χ0n) is 38.1. The number of fused-ring (bicyclic) bond motifs is 9. The van der Waals surface area contributed by atoms with Crippen LogP contribution in [-0.2, 0) is 5.41 Å². The molecule has 3 nitrogen and oxygen atoms in total. The second-order valence-corrected chi connectivity index (χ2v) is 18.3. The Bertz CT molecular complexity index is 3950. The van der Waals surface area contributed by atoms with Gasteiger partial charge in [-0.05, 0) is 133 Å². The van der Waals surface area contributed by atoms with Gasteiger partial charge in [-0.2, -0.15) is 0 Å². The lowest BCUT2D eigenvalue weighted by Gasteiger charge is -2.35. The Labute approximate surface area is 405 Å². The Kier molecular flexibility index (Phi) is 9.11. The largest absolute Gasteiger partial charge is 0.456 e. The summed E-state index contributed by atoms with van der Waals surface area (Å²) in [5.41, 5.74) is 20.5. The van der Waals surface area contributed by atoms with Gasteiger partial charge < -0.3 is 13.7 Å². The third-order valence-electron chi connectivity index (χ3n) is 14.6. The lowest BCUT2D eigenvalue weighted by Crippen LogP contribution is -2.29. The van der Waals surface area contributed by atoms with E-state index in [0.29, 0.717) is 0 Å². The molecule has 0 amide bonds. The van der Waals surface area contributed by atoms with E-state index in [-0.39, 0.29) is 0 Å². The summed E-state index contributed by atoms with van der Waals surface area (Å²) in [4.78, 5) is 2.41. The van der Waals surface area contributed by atoms with E-state index in [4.69, 9.17) is 8.83 Å². The van der Waals surface area contributed by atoms with Crippen LogP contribution in [0.3, 0.4) is 0 Å². The second-order valence-electron chi connectivity index (χ2n) is 18.3. The smallest absolute Gasteiger partial charge is 0.136 e. The summed E-state index contributed by atoms with van der Waals surface area (Å²) >= 11 is 0. The Morgan fingerprint density at radius 1 is 0.271 bits per heavy atom. The third-order valence-corrected chi connectivity index (χ3v) is 14.6. The minimum Gasteiger partial charge on any atom is -0.456 e. The molecule has 0 bridgehead atoms. The highest BCUT2D eigenvalue weighted by atomic mass is 16.3. The molecule has 0 N–H and O–H groups in total. The van der Waals surface area contributed by atoms with Gasteiger partial charge in [-0.25, -0.2) is 0 Å². The van der Waals surface area contributed by atoms with Crippen LogP contribution in [-0.4, -0.2) is 0 Å². The van der Waals surface area contributed by atoms with E-state index in [1.165, 1.54) is 44.5 Å². The van der Waals surface area contributed by atoms with Crippen molar-refractivity contribution in [1.29, 1.82) is 0 Å². The van der Waals surface area contributed by atoms with Crippen molar-refractivity contribution >= 4 is 60.9 Å². The van der Waals surface area contributed by atoms with Crippen molar-refractivity contribution in [3.05, 3.63) is 283 Å². The highest BCUT2D eigenvalue weighted by Crippen LogP contribution is 2.58. The molecule has 1 aliphatic carbocycles. The predicted octanol–water partition coefficient (Wildman–Crippen LogP) is 18.3. The normalized spacial score (nSPS) is 14.1. The molecule has 0 aliphatic heterocycles. The van der Waals surface area contributed by atoms with Crippen LogP contribution in [0.5, 0.6) is 0 Å². The van der Waals surface area contributed by atoms with Crippen LogP contribution >= 0.6 is 0 Å². The maximum Gasteiger partial charge on any atom is 0.136 e. The first-order valence-corrected chi connectivity index (χ1v) is 24.0. The van der Waals surface area contributed by atoms with Gasteiger partial charge in [0.2, 0.25) is 0 Å². The highest BCUT2D eigenvalue weighted by Gasteiger charge is 2.46. The fourth-order valence-corrected chi connectivity index (χ4v) is 11.5. The van der Waals surface area contributed by atoms with Gasteiger partial charge in [0, 0.05) is 38.6 Å². The van der Waals surface area contributed by atoms with Crippen LogP contribution in [0.1, 0.15) is 22.3 Å². The zero-order chi connectivity index (χ0) is 46.2. The molecule has 1 atom stereocenters. The molecule has 328 valence electrons. The molecule has 0 spiro atoms. The fourth-order valence-electron chi connectivity index (χ4n) is 11.5. The van der Waals surface area contributed by atoms with E-state index in [0.717, 1.165) is 83.2 Å². The minimum atomic E-state index is -0.606. The minimum absolute atomic E-state index is 0.606. The van der Waals surface area contributed by atoms with Crippen molar-refractivity contribution in [2.24, 2.45) is 0 Å². The van der Waals surface area contributed by atoms with Crippen LogP contribution in [0, 0.1) is 0 Å². The molecule has 0 radical (unpaired) electrons. The standard InChI is InChI=1S/C67H43NO2/c1-3-16-44(17-4-1)47-18-13-21-49(42-47)67(48-19-5-2-6-20-48)59-27-10-7-22-55(59)56-41-40-52(43-60(56)67)68(50-36-32-45(33-37-50)53-25-14-30-63-65(53)57-23-8-11-28-61(57)69-63)51-38-34-46(35-39-51)54-26-15-31-64-66(54)58-24-9-12-29-62(58)70-64/h1-43H. The number of rotatable bonds is 8. The van der Waals surface area contributed by atoms with Crippen LogP contribution in [0.25, 0.3) is 88.4 Å². The number of para-hydroxylation sites is 2. The highest BCUT2D eigenvalue weighted by molar-refractivity contribution is 6.13. The molecule has 11 aromatic carbocycles. The van der Waals surface area contributed by atoms with Gasteiger partial charge >= 0.3 is 0 Å². The van der Waals surface area contributed by atoms with Crippen LogP contribution < -0.4 is 4.90 Å². The van der Waals surface area contributed by atoms with Crippen LogP contribution in [0.2, 0.25) is 0 Å². The van der Waals surface area contributed by atoms with Crippen molar-refractivity contribution in [1.82, 2.24) is 0 Å². The number of furan rings is 2. The summed E-state index contributed by atoms with van der Waals surface area (Å²) in [6, 6.07) is 94.5. The fraction of sp³-hybridized carbons (Fsp3) is 0.0149. The number of nitrogens with zero attached hydrogens (tertiary/aromatic N) is 1. The molecule has 14 rings (SSSR count). The Balaban J connectivity index is 0.968. The molecule has 0 fully saturated rings. The first kappa shape index (κ1) is 39.9. The molecular weight excluding hydrogens is 851 g/mol. The molecule has 0 saturated carbocycles. The predicted molar refractivity (Wildman–Crippen MR) is 289 cm³/mol. The van der Waals surface area contributed by atoms with Crippen LogP contribution in [0.15, 0.2) is 270 Å². The van der Waals surface area contributed by atoms with Crippen molar-refractivity contribution in [3.8, 4) is 44.5 Å². The van der Waals surface area contributed by atoms with Crippen molar-refractivity contribution in [3.63, 3.8) is 0 Å². The van der Waals surface area contributed by atoms with Gasteiger partial charge in [-0.3, -0.25) is 0 Å². The summed E-state index contributed by atoms with van der Waals surface area (Å²) in [7, 11) is 0. The Morgan fingerprint density at radius 3 is 1.36 bits per heavy atom. The number of anilines is 3. The monoisotopic (exact) mass is 893 g/mol. The van der Waals surface area contributed by atoms with E-state index in [1.807, 2.05) is 24.3 Å². The summed E-state index contributed by atoms with van der Waals surface area (Å²) < 4.78 is 12.7. The Morgan fingerprint density at radius 2 is 0.729 bits per heavy atom. The zero-order valence-corrected chi connectivity index (χ0v) is 38.1. The van der Waals surface area contributed by atoms with Gasteiger partial charge in [0.15, 0.2) is 0 Å². The Hall–Kier alpha value is -9.18. The summed E-state index contributed by atoms with van der Waals surface area (Å²) in [6.07, 6.45) is 0. The topological polar surface area (TPSA) is 29.5 Å². The molecular formula is C67H43NO2. The molecule has 2 aromatic heterocycles. The number of hydrogen-bond donors (Lipinski definition) is 0. The van der Waals surface area contributed by atoms with Gasteiger partial charge in [-0.15, -0.1) is 0 Å². The molecule has 0 saturated heterocycles. The van der Waals surface area contributed by atoms with Crippen molar-refractivity contribution < 1.29 is 8.83 Å². The average molecular weight is 894 g/mol. The summed E-state index contributed by atoms with van der Waals surface area (Å²) in [5.74, 6) is 0. The molecule has 70 heavy (non-hydrogen) atoms. The van der Waals surface area contributed by atoms with E-state index >= 15 is 0 Å². The first-order chi connectivity index (χ1) is 34.7. The van der Waals surface area contributed by atoms with Crippen molar-refractivity contribution in [2.45, 2.75) is 5.41 Å². The van der Waals surface area contributed by atoms with E-state index in [9.17, 15) is 0 Å². The maximum absolute atomic E-state index is 6.33. The average Bonchev–Trinajstić information content (AvgIpc) is 4.11. The van der Waals surface area contributed by atoms with Gasteiger partial charge in [0.25, 0.3) is 0 Å². The second kappa shape index (κ2) is 16.0. The quantitative estimate of drug-likeness (QED) is 0.152. The van der Waals surface area contributed by atoms with Gasteiger partial charge in [-0.1, -0.05) is 194 Å². The molecule has 13 aromatic rings. The lowest BCUT2D eigenvalue weighted by molar-refractivity contribution is 0.668. The van der Waals surface area contributed by atoms with Crippen molar-refractivity contribution in [2.75, 3.05) is 4.90 Å². The lowest BCUT2D eigenvalue weighted by atomic mass is 9.67. The third kappa shape index (κ3) is 6.15.